The summed E-state index contributed by atoms with van der Waals surface area (Å²) in [6.07, 6.45) is 4.04. The fourth-order valence-corrected chi connectivity index (χ4v) is 5.76. The van der Waals surface area contributed by atoms with Gasteiger partial charge in [-0.3, -0.25) is 9.69 Å². The number of H-pyrrole nitrogens is 1. The number of aromatic amines is 1. The topological polar surface area (TPSA) is 89.9 Å². The minimum atomic E-state index is -0.160. The van der Waals surface area contributed by atoms with Crippen LogP contribution in [0.5, 0.6) is 11.6 Å². The molecular weight excluding hydrogens is 536 g/mol. The van der Waals surface area contributed by atoms with Gasteiger partial charge >= 0.3 is 0 Å². The summed E-state index contributed by atoms with van der Waals surface area (Å²) < 4.78 is 5.40. The molecule has 1 aliphatic rings. The van der Waals surface area contributed by atoms with E-state index in [4.69, 9.17) is 9.73 Å². The molecule has 7 heteroatoms. The third-order valence-corrected chi connectivity index (χ3v) is 7.92. The first kappa shape index (κ1) is 28.2. The molecule has 1 amide bonds. The summed E-state index contributed by atoms with van der Waals surface area (Å²) in [6.45, 7) is 3.26. The van der Waals surface area contributed by atoms with Crippen molar-refractivity contribution in [2.45, 2.75) is 32.2 Å². The third kappa shape index (κ3) is 6.63. The Hall–Kier alpha value is -4.88. The lowest BCUT2D eigenvalue weighted by Gasteiger charge is -2.26. The molecular formula is C36H36N4O3. The maximum Gasteiger partial charge on any atom is 0.228 e. The fourth-order valence-electron chi connectivity index (χ4n) is 5.76. The molecule has 0 atom stereocenters. The summed E-state index contributed by atoms with van der Waals surface area (Å²) in [6, 6.07) is 31.3. The Morgan fingerprint density at radius 3 is 2.44 bits per heavy atom. The highest BCUT2D eigenvalue weighted by Crippen LogP contribution is 2.33. The van der Waals surface area contributed by atoms with Gasteiger partial charge in [0.2, 0.25) is 5.91 Å². The van der Waals surface area contributed by atoms with Gasteiger partial charge in [0, 0.05) is 34.3 Å². The van der Waals surface area contributed by atoms with Gasteiger partial charge in [-0.05, 0) is 67.9 Å². The largest absolute Gasteiger partial charge is 0.496 e. The number of benzene rings is 4. The number of para-hydroxylation sites is 1. The summed E-state index contributed by atoms with van der Waals surface area (Å²) in [7, 11) is 1.60. The van der Waals surface area contributed by atoms with Gasteiger partial charge in [-0.15, -0.1) is 0 Å². The third-order valence-electron chi connectivity index (χ3n) is 7.92. The van der Waals surface area contributed by atoms with Gasteiger partial charge < -0.3 is 20.1 Å². The molecule has 5 aromatic rings. The smallest absolute Gasteiger partial charge is 0.228 e. The van der Waals surface area contributed by atoms with Crippen LogP contribution in [0, 0.1) is 0 Å². The van der Waals surface area contributed by atoms with Crippen LogP contribution in [0.25, 0.3) is 10.9 Å². The minimum absolute atomic E-state index is 0.0248. The molecule has 0 bridgehead atoms. The van der Waals surface area contributed by atoms with Crippen LogP contribution in [-0.2, 0) is 17.8 Å². The normalized spacial score (nSPS) is 14.1. The minimum Gasteiger partial charge on any atom is -0.496 e. The zero-order valence-electron chi connectivity index (χ0n) is 24.3. The van der Waals surface area contributed by atoms with Gasteiger partial charge in [0.15, 0.2) is 5.88 Å². The number of amides is 1. The molecule has 0 saturated carbocycles. The van der Waals surface area contributed by atoms with E-state index in [1.807, 2.05) is 84.9 Å². The number of aliphatic imine (C=N–C) groups is 1. The van der Waals surface area contributed by atoms with E-state index < -0.39 is 0 Å². The van der Waals surface area contributed by atoms with Gasteiger partial charge in [-0.1, -0.05) is 67.1 Å². The average Bonchev–Trinajstić information content (AvgIpc) is 3.36. The summed E-state index contributed by atoms with van der Waals surface area (Å²) >= 11 is 0. The number of carbonyl (C=O) groups is 1. The van der Waals surface area contributed by atoms with E-state index in [9.17, 15) is 9.90 Å². The van der Waals surface area contributed by atoms with Crippen LogP contribution in [0.2, 0.25) is 0 Å². The first-order valence-electron chi connectivity index (χ1n) is 14.8. The number of hydrogen-bond donors (Lipinski definition) is 3. The molecule has 6 rings (SSSR count). The second-order valence-corrected chi connectivity index (χ2v) is 11.0. The lowest BCUT2D eigenvalue weighted by atomic mass is 10.0. The number of fused-ring (bicyclic) bond motifs is 1. The molecule has 4 aromatic carbocycles. The first-order valence-corrected chi connectivity index (χ1v) is 14.8. The zero-order chi connectivity index (χ0) is 29.6. The lowest BCUT2D eigenvalue weighted by Crippen LogP contribution is -2.28. The molecule has 0 unspecified atom stereocenters. The van der Waals surface area contributed by atoms with E-state index in [1.165, 1.54) is 24.8 Å². The van der Waals surface area contributed by atoms with Gasteiger partial charge in [0.1, 0.15) is 5.75 Å². The number of nitrogens with one attached hydrogen (secondary N) is 2. The van der Waals surface area contributed by atoms with Crippen LogP contribution in [0.3, 0.4) is 0 Å². The number of nitrogens with zero attached hydrogens (tertiary/aromatic N) is 2. The molecule has 7 nitrogen and oxygen atoms in total. The molecule has 0 radical (unpaired) electrons. The fraction of sp³-hybridized carbons (Fsp3) is 0.222. The number of methoxy groups -OCH3 is 1. The molecule has 0 aliphatic carbocycles. The Labute approximate surface area is 251 Å². The predicted octanol–water partition coefficient (Wildman–Crippen LogP) is 7.22. The SMILES string of the molecule is COc1ccccc1CC(=O)Nc1ccc2[nH]c(O)c(C(=Nc3ccc(CN4CCCCC4)cc3)c3ccccc3)c2c1. The molecule has 1 aliphatic heterocycles. The maximum absolute atomic E-state index is 13.0. The highest BCUT2D eigenvalue weighted by atomic mass is 16.5. The Bertz CT molecular complexity index is 1740. The highest BCUT2D eigenvalue weighted by Gasteiger charge is 2.20. The molecule has 0 spiro atoms. The second kappa shape index (κ2) is 13.0. The van der Waals surface area contributed by atoms with Crippen LogP contribution in [0.4, 0.5) is 11.4 Å². The average molecular weight is 573 g/mol. The predicted molar refractivity (Wildman–Crippen MR) is 173 cm³/mol. The van der Waals surface area contributed by atoms with Crippen molar-refractivity contribution in [3.8, 4) is 11.6 Å². The molecule has 1 saturated heterocycles. The number of anilines is 1. The van der Waals surface area contributed by atoms with E-state index in [0.717, 1.165) is 47.4 Å². The van der Waals surface area contributed by atoms with E-state index in [-0.39, 0.29) is 18.2 Å². The summed E-state index contributed by atoms with van der Waals surface area (Å²) in [5.74, 6) is 0.540. The van der Waals surface area contributed by atoms with Gasteiger partial charge in [0.05, 0.1) is 30.5 Å². The molecule has 43 heavy (non-hydrogen) atoms. The van der Waals surface area contributed by atoms with Crippen LogP contribution >= 0.6 is 0 Å². The Morgan fingerprint density at radius 2 is 1.67 bits per heavy atom. The van der Waals surface area contributed by atoms with Crippen LogP contribution in [0.15, 0.2) is 102 Å². The zero-order valence-corrected chi connectivity index (χ0v) is 24.3. The monoisotopic (exact) mass is 572 g/mol. The number of likely N-dealkylation sites (tertiary alicyclic amines) is 1. The van der Waals surface area contributed by atoms with Crippen molar-refractivity contribution in [2.24, 2.45) is 4.99 Å². The van der Waals surface area contributed by atoms with Crippen LogP contribution in [-0.4, -0.2) is 46.8 Å². The van der Waals surface area contributed by atoms with Crippen molar-refractivity contribution in [1.29, 1.82) is 0 Å². The van der Waals surface area contributed by atoms with Crippen molar-refractivity contribution >= 4 is 33.9 Å². The summed E-state index contributed by atoms with van der Waals surface area (Å²) in [4.78, 5) is 23.6. The number of carbonyl (C=O) groups excluding carboxylic acids is 1. The number of hydrogen-bond acceptors (Lipinski definition) is 5. The molecule has 1 aromatic heterocycles. The van der Waals surface area contributed by atoms with Crippen molar-refractivity contribution < 1.29 is 14.6 Å². The summed E-state index contributed by atoms with van der Waals surface area (Å²) in [5.41, 5.74) is 6.36. The molecule has 2 heterocycles. The van der Waals surface area contributed by atoms with E-state index in [1.54, 1.807) is 7.11 Å². The van der Waals surface area contributed by atoms with Crippen LogP contribution in [0.1, 0.15) is 41.5 Å². The standard InChI is InChI=1S/C36H36N4O3/c1-43-32-13-7-6-12-27(32)22-33(41)37-29-18-19-31-30(23-29)34(36(42)39-31)35(26-10-4-2-5-11-26)38-28-16-14-25(15-17-28)24-40-20-8-3-9-21-40/h2,4-7,10-19,23,39,42H,3,8-9,20-22,24H2,1H3,(H,37,41). The Morgan fingerprint density at radius 1 is 0.930 bits per heavy atom. The molecule has 218 valence electrons. The van der Waals surface area contributed by atoms with E-state index in [2.05, 4.69) is 27.3 Å². The molecule has 3 N–H and O–H groups in total. The number of aromatic hydroxyl groups is 1. The first-order chi connectivity index (χ1) is 21.1. The van der Waals surface area contributed by atoms with Crippen LogP contribution < -0.4 is 10.1 Å². The van der Waals surface area contributed by atoms with E-state index in [0.29, 0.717) is 22.7 Å². The number of ether oxygens (including phenoxy) is 1. The lowest BCUT2D eigenvalue weighted by molar-refractivity contribution is -0.115. The van der Waals surface area contributed by atoms with Crippen molar-refractivity contribution in [1.82, 2.24) is 9.88 Å². The van der Waals surface area contributed by atoms with E-state index >= 15 is 0 Å². The quantitative estimate of drug-likeness (QED) is 0.163. The number of piperidine rings is 1. The summed E-state index contributed by atoms with van der Waals surface area (Å²) in [5, 5.41) is 14.9. The van der Waals surface area contributed by atoms with Crippen molar-refractivity contribution in [3.63, 3.8) is 0 Å². The van der Waals surface area contributed by atoms with Crippen molar-refractivity contribution in [2.75, 3.05) is 25.5 Å². The van der Waals surface area contributed by atoms with Crippen molar-refractivity contribution in [3.05, 3.63) is 119 Å². The number of aromatic nitrogens is 1. The maximum atomic E-state index is 13.0. The van der Waals surface area contributed by atoms with Gasteiger partial charge in [-0.2, -0.15) is 0 Å². The Kier molecular flexibility index (Phi) is 8.52. The second-order valence-electron chi connectivity index (χ2n) is 11.0. The number of rotatable bonds is 9. The van der Waals surface area contributed by atoms with Gasteiger partial charge in [-0.25, -0.2) is 4.99 Å². The molecule has 1 fully saturated rings. The highest BCUT2D eigenvalue weighted by molar-refractivity contribution is 6.22. The Balaban J connectivity index is 1.31. The van der Waals surface area contributed by atoms with Gasteiger partial charge in [0.25, 0.3) is 0 Å².